The molecule has 0 aromatic heterocycles. The van der Waals surface area contributed by atoms with Crippen molar-refractivity contribution in [2.75, 3.05) is 0 Å². The van der Waals surface area contributed by atoms with E-state index in [2.05, 4.69) is 0 Å². The fourth-order valence-electron chi connectivity index (χ4n) is 0. The van der Waals surface area contributed by atoms with Crippen LogP contribution in [0.4, 0.5) is 13.2 Å². The second-order valence-corrected chi connectivity index (χ2v) is 0.803. The molecular formula is C2H5BaF3O3. The summed E-state index contributed by atoms with van der Waals surface area (Å²) in [6, 6.07) is 0. The molecule has 0 aliphatic heterocycles. The van der Waals surface area contributed by atoms with Gasteiger partial charge in [-0.3, -0.25) is 0 Å². The van der Waals surface area contributed by atoms with E-state index in [-0.39, 0.29) is 57.2 Å². The quantitative estimate of drug-likeness (QED) is 0.612. The van der Waals surface area contributed by atoms with Crippen LogP contribution in [0.3, 0.4) is 0 Å². The Bertz CT molecular complexity index is 97.1. The minimum atomic E-state index is -5.08. The number of carbonyl (C=O) groups is 1. The zero-order valence-electron chi connectivity index (χ0n) is 6.20. The first kappa shape index (κ1) is 16.4. The Kier molecular flexibility index (Phi) is 10.1. The molecule has 0 radical (unpaired) electrons. The molecule has 54 valence electrons. The van der Waals surface area contributed by atoms with Crippen LogP contribution in [0.25, 0.3) is 0 Å². The summed E-state index contributed by atoms with van der Waals surface area (Å²) in [5.74, 6) is -2.76. The van der Waals surface area contributed by atoms with Gasteiger partial charge >= 0.3 is 61.0 Å². The molecular weight excluding hydrogens is 266 g/mol. The van der Waals surface area contributed by atoms with E-state index in [1.807, 2.05) is 0 Å². The van der Waals surface area contributed by atoms with Gasteiger partial charge in [0, 0.05) is 0 Å². The summed E-state index contributed by atoms with van der Waals surface area (Å²) in [6.45, 7) is 0. The van der Waals surface area contributed by atoms with Crippen LogP contribution in [-0.4, -0.2) is 71.6 Å². The number of hydrogen-bond donors (Lipinski definition) is 1. The largest absolute Gasteiger partial charge is 2.00 e. The van der Waals surface area contributed by atoms with E-state index >= 15 is 0 Å². The Morgan fingerprint density at radius 1 is 1.44 bits per heavy atom. The van der Waals surface area contributed by atoms with E-state index in [1.54, 1.807) is 0 Å². The molecule has 0 saturated heterocycles. The van der Waals surface area contributed by atoms with Crippen LogP contribution in [0.1, 0.15) is 2.85 Å². The van der Waals surface area contributed by atoms with E-state index in [9.17, 15) is 13.2 Å². The third-order valence-electron chi connectivity index (χ3n) is 0.243. The first-order valence-corrected chi connectivity index (χ1v) is 1.24. The summed E-state index contributed by atoms with van der Waals surface area (Å²) in [5, 5.41) is 7.12. The van der Waals surface area contributed by atoms with E-state index < -0.39 is 12.1 Å². The molecule has 0 aromatic rings. The van der Waals surface area contributed by atoms with Gasteiger partial charge in [-0.25, -0.2) is 4.79 Å². The normalized spacial score (nSPS) is 8.78. The van der Waals surface area contributed by atoms with Crippen molar-refractivity contribution >= 4 is 54.9 Å². The van der Waals surface area contributed by atoms with Crippen LogP contribution >= 0.6 is 0 Å². The summed E-state index contributed by atoms with van der Waals surface area (Å²) in [6.07, 6.45) is -5.08. The molecule has 0 saturated carbocycles. The molecule has 0 aliphatic rings. The molecule has 0 rings (SSSR count). The number of halogens is 3. The number of hydrogen-bond acceptors (Lipinski definition) is 1. The molecule has 0 aliphatic carbocycles. The molecule has 0 atom stereocenters. The van der Waals surface area contributed by atoms with Crippen molar-refractivity contribution in [1.29, 1.82) is 0 Å². The van der Waals surface area contributed by atoms with Gasteiger partial charge in [-0.1, -0.05) is 0 Å². The zero-order chi connectivity index (χ0) is 6.08. The van der Waals surface area contributed by atoms with Gasteiger partial charge in [-0.15, -0.1) is 0 Å². The molecule has 0 aromatic carbocycles. The third kappa shape index (κ3) is 8.79. The van der Waals surface area contributed by atoms with Gasteiger partial charge in [0.1, 0.15) is 0 Å². The van der Waals surface area contributed by atoms with E-state index in [1.165, 1.54) is 0 Å². The van der Waals surface area contributed by atoms with Crippen LogP contribution in [0.2, 0.25) is 0 Å². The van der Waals surface area contributed by atoms with Crippen LogP contribution in [0.5, 0.6) is 0 Å². The molecule has 0 fully saturated rings. The van der Waals surface area contributed by atoms with Crippen molar-refractivity contribution in [2.45, 2.75) is 6.18 Å². The van der Waals surface area contributed by atoms with Crippen LogP contribution < -0.4 is 0 Å². The van der Waals surface area contributed by atoms with Crippen LogP contribution in [0.15, 0.2) is 0 Å². The average Bonchev–Trinajstić information content (AvgIpc) is 1.31. The Balaban J connectivity index is -0.0000000300. The first-order valence-electron chi connectivity index (χ1n) is 1.24. The van der Waals surface area contributed by atoms with Crippen molar-refractivity contribution in [3.63, 3.8) is 0 Å². The summed E-state index contributed by atoms with van der Waals surface area (Å²) < 4.78 is 31.7. The van der Waals surface area contributed by atoms with Crippen molar-refractivity contribution in [1.82, 2.24) is 0 Å². The monoisotopic (exact) mass is 272 g/mol. The van der Waals surface area contributed by atoms with Gasteiger partial charge in [0.15, 0.2) is 0 Å². The summed E-state index contributed by atoms with van der Waals surface area (Å²) in [7, 11) is 0. The Morgan fingerprint density at radius 2 is 1.56 bits per heavy atom. The fourth-order valence-corrected chi connectivity index (χ4v) is 0. The summed E-state index contributed by atoms with van der Waals surface area (Å²) in [5.41, 5.74) is 0. The third-order valence-corrected chi connectivity index (χ3v) is 0.243. The molecule has 0 bridgehead atoms. The zero-order valence-corrected chi connectivity index (χ0v) is 8.64. The van der Waals surface area contributed by atoms with Gasteiger partial charge < -0.3 is 13.4 Å². The van der Waals surface area contributed by atoms with E-state index in [0.29, 0.717) is 0 Å². The molecule has 0 heterocycles. The topological polar surface area (TPSA) is 68.8 Å². The molecule has 7 heteroatoms. The van der Waals surface area contributed by atoms with Crippen LogP contribution in [-0.2, 0) is 4.79 Å². The maximum absolute atomic E-state index is 10.6. The Hall–Kier alpha value is 0.791. The summed E-state index contributed by atoms with van der Waals surface area (Å²) in [4.78, 5) is 8.90. The van der Waals surface area contributed by atoms with Crippen molar-refractivity contribution in [3.05, 3.63) is 0 Å². The number of carboxylic acid groups (broad SMARTS) is 1. The number of alkyl halides is 3. The van der Waals surface area contributed by atoms with Gasteiger partial charge in [0.05, 0.1) is 0 Å². The number of carboxylic acids is 1. The van der Waals surface area contributed by atoms with Crippen molar-refractivity contribution in [3.8, 4) is 0 Å². The summed E-state index contributed by atoms with van der Waals surface area (Å²) >= 11 is 0. The van der Waals surface area contributed by atoms with Crippen LogP contribution in [0, 0.1) is 0 Å². The molecule has 0 spiro atoms. The molecule has 0 unspecified atom stereocenters. The van der Waals surface area contributed by atoms with E-state index in [4.69, 9.17) is 9.90 Å². The van der Waals surface area contributed by atoms with Crippen molar-refractivity contribution < 1.29 is 31.4 Å². The predicted molar refractivity (Wildman–Crippen MR) is 25.3 cm³/mol. The average molecular weight is 271 g/mol. The maximum atomic E-state index is 10.6. The van der Waals surface area contributed by atoms with Gasteiger partial charge in [-0.2, -0.15) is 13.2 Å². The number of aliphatic carboxylic acids is 1. The van der Waals surface area contributed by atoms with E-state index in [0.717, 1.165) is 0 Å². The molecule has 9 heavy (non-hydrogen) atoms. The van der Waals surface area contributed by atoms with Gasteiger partial charge in [0.2, 0.25) is 0 Å². The maximum Gasteiger partial charge on any atom is 2.00 e. The standard InChI is InChI=1S/C2HF3O2.Ba.H2O.2H/c3-2(4,5)1(6)7;;;;/h(H,6,7);;1H2;;/q;+2;;2*-1. The number of rotatable bonds is 0. The van der Waals surface area contributed by atoms with Gasteiger partial charge in [-0.05, 0) is 0 Å². The van der Waals surface area contributed by atoms with Crippen molar-refractivity contribution in [2.24, 2.45) is 0 Å². The fraction of sp³-hybridized carbons (Fsp3) is 0.500. The smallest absolute Gasteiger partial charge is 1.00 e. The second kappa shape index (κ2) is 5.57. The second-order valence-electron chi connectivity index (χ2n) is 0.803. The van der Waals surface area contributed by atoms with Gasteiger partial charge in [0.25, 0.3) is 0 Å². The molecule has 3 nitrogen and oxygen atoms in total. The molecule has 0 amide bonds. The first-order chi connectivity index (χ1) is 2.94. The Labute approximate surface area is 91.6 Å². The minimum absolute atomic E-state index is 0. The SMILES string of the molecule is O.O=C(O)C(F)(F)F.[Ba+2].[H-].[H-]. The Morgan fingerprint density at radius 3 is 1.56 bits per heavy atom. The molecule has 3 N–H and O–H groups in total. The minimum Gasteiger partial charge on any atom is -1.00 e. The predicted octanol–water partition coefficient (Wildman–Crippen LogP) is -0.347.